The SMILES string of the molecule is CC(C)CN(CC1(CN)CCCOC1)C1CC1. The van der Waals surface area contributed by atoms with Crippen molar-refractivity contribution in [3.05, 3.63) is 0 Å². The Morgan fingerprint density at radius 2 is 2.18 bits per heavy atom. The summed E-state index contributed by atoms with van der Waals surface area (Å²) in [5.41, 5.74) is 6.26. The molecule has 2 fully saturated rings. The molecule has 3 nitrogen and oxygen atoms in total. The molecule has 1 atom stereocenters. The number of nitrogens with two attached hydrogens (primary N) is 1. The van der Waals surface area contributed by atoms with Gasteiger partial charge in [0, 0.05) is 37.7 Å². The van der Waals surface area contributed by atoms with E-state index in [9.17, 15) is 0 Å². The Labute approximate surface area is 106 Å². The molecule has 17 heavy (non-hydrogen) atoms. The van der Waals surface area contributed by atoms with Crippen LogP contribution < -0.4 is 5.73 Å². The summed E-state index contributed by atoms with van der Waals surface area (Å²) in [7, 11) is 0. The first-order chi connectivity index (χ1) is 8.15. The van der Waals surface area contributed by atoms with Gasteiger partial charge in [0.15, 0.2) is 0 Å². The first-order valence-electron chi connectivity index (χ1n) is 7.17. The molecule has 1 heterocycles. The minimum atomic E-state index is 0.232. The summed E-state index contributed by atoms with van der Waals surface area (Å²) in [6.07, 6.45) is 5.19. The van der Waals surface area contributed by atoms with Crippen LogP contribution in [0.3, 0.4) is 0 Å². The smallest absolute Gasteiger partial charge is 0.0546 e. The molecule has 100 valence electrons. The van der Waals surface area contributed by atoms with Crippen LogP contribution >= 0.6 is 0 Å². The Balaban J connectivity index is 1.94. The van der Waals surface area contributed by atoms with Crippen LogP contribution in [0, 0.1) is 11.3 Å². The van der Waals surface area contributed by atoms with Gasteiger partial charge in [-0.3, -0.25) is 4.90 Å². The van der Waals surface area contributed by atoms with Crippen molar-refractivity contribution in [1.29, 1.82) is 0 Å². The fourth-order valence-corrected chi connectivity index (χ4v) is 2.94. The Hall–Kier alpha value is -0.120. The highest BCUT2D eigenvalue weighted by Crippen LogP contribution is 2.34. The third-order valence-corrected chi connectivity index (χ3v) is 4.04. The minimum absolute atomic E-state index is 0.232. The molecule has 2 aliphatic rings. The molecule has 0 bridgehead atoms. The van der Waals surface area contributed by atoms with Gasteiger partial charge in [-0.2, -0.15) is 0 Å². The highest BCUT2D eigenvalue weighted by molar-refractivity contribution is 4.92. The van der Waals surface area contributed by atoms with Crippen LogP contribution in [0.5, 0.6) is 0 Å². The molecule has 0 amide bonds. The third kappa shape index (κ3) is 3.67. The van der Waals surface area contributed by atoms with Gasteiger partial charge < -0.3 is 10.5 Å². The predicted molar refractivity (Wildman–Crippen MR) is 71.0 cm³/mol. The molecule has 3 heteroatoms. The summed E-state index contributed by atoms with van der Waals surface area (Å²) in [5, 5.41) is 0. The molecule has 1 saturated carbocycles. The maximum Gasteiger partial charge on any atom is 0.0546 e. The summed E-state index contributed by atoms with van der Waals surface area (Å²) < 4.78 is 5.68. The molecule has 1 saturated heterocycles. The summed E-state index contributed by atoms with van der Waals surface area (Å²) in [6, 6.07) is 0.836. The number of hydrogen-bond acceptors (Lipinski definition) is 3. The number of rotatable bonds is 6. The van der Waals surface area contributed by atoms with Gasteiger partial charge in [0.05, 0.1) is 6.61 Å². The van der Waals surface area contributed by atoms with Gasteiger partial charge in [0.2, 0.25) is 0 Å². The second kappa shape index (κ2) is 5.68. The van der Waals surface area contributed by atoms with Crippen LogP contribution in [0.1, 0.15) is 39.5 Å². The van der Waals surface area contributed by atoms with Crippen molar-refractivity contribution in [2.45, 2.75) is 45.6 Å². The normalized spacial score (nSPS) is 30.2. The molecular formula is C14H28N2O. The lowest BCUT2D eigenvalue weighted by atomic mass is 9.82. The van der Waals surface area contributed by atoms with E-state index in [0.717, 1.165) is 38.3 Å². The van der Waals surface area contributed by atoms with Crippen molar-refractivity contribution >= 4 is 0 Å². The average Bonchev–Trinajstić information content (AvgIpc) is 3.13. The van der Waals surface area contributed by atoms with Crippen LogP contribution in [0.4, 0.5) is 0 Å². The highest BCUT2D eigenvalue weighted by Gasteiger charge is 2.38. The van der Waals surface area contributed by atoms with Crippen LogP contribution in [0.25, 0.3) is 0 Å². The van der Waals surface area contributed by atoms with Crippen molar-refractivity contribution in [3.8, 4) is 0 Å². The zero-order valence-electron chi connectivity index (χ0n) is 11.5. The van der Waals surface area contributed by atoms with Gasteiger partial charge in [0.1, 0.15) is 0 Å². The standard InChI is InChI=1S/C14H28N2O/c1-12(2)8-16(13-4-5-13)10-14(9-15)6-3-7-17-11-14/h12-13H,3-11,15H2,1-2H3. The first kappa shape index (κ1) is 13.3. The molecule has 1 aliphatic heterocycles. The fraction of sp³-hybridized carbons (Fsp3) is 1.00. The number of ether oxygens (including phenoxy) is 1. The number of nitrogens with zero attached hydrogens (tertiary/aromatic N) is 1. The Morgan fingerprint density at radius 3 is 2.65 bits per heavy atom. The molecule has 1 unspecified atom stereocenters. The Bertz CT molecular complexity index is 232. The minimum Gasteiger partial charge on any atom is -0.381 e. The van der Waals surface area contributed by atoms with E-state index in [4.69, 9.17) is 10.5 Å². The van der Waals surface area contributed by atoms with Crippen molar-refractivity contribution < 1.29 is 4.74 Å². The van der Waals surface area contributed by atoms with Crippen molar-refractivity contribution in [3.63, 3.8) is 0 Å². The van der Waals surface area contributed by atoms with Crippen LogP contribution in [0.2, 0.25) is 0 Å². The second-order valence-electron chi connectivity index (χ2n) is 6.41. The van der Waals surface area contributed by atoms with E-state index in [2.05, 4.69) is 18.7 Å². The fourth-order valence-electron chi connectivity index (χ4n) is 2.94. The molecule has 2 rings (SSSR count). The number of hydrogen-bond donors (Lipinski definition) is 1. The zero-order valence-corrected chi connectivity index (χ0v) is 11.5. The van der Waals surface area contributed by atoms with Crippen molar-refractivity contribution in [2.24, 2.45) is 17.1 Å². The highest BCUT2D eigenvalue weighted by atomic mass is 16.5. The van der Waals surface area contributed by atoms with Gasteiger partial charge in [0.25, 0.3) is 0 Å². The molecule has 1 aliphatic carbocycles. The largest absolute Gasteiger partial charge is 0.381 e. The Morgan fingerprint density at radius 1 is 1.41 bits per heavy atom. The summed E-state index contributed by atoms with van der Waals surface area (Å²) in [5.74, 6) is 0.745. The molecule has 0 aromatic carbocycles. The lowest BCUT2D eigenvalue weighted by molar-refractivity contribution is -0.0248. The van der Waals surface area contributed by atoms with E-state index in [1.54, 1.807) is 0 Å². The first-order valence-corrected chi connectivity index (χ1v) is 7.17. The van der Waals surface area contributed by atoms with E-state index in [-0.39, 0.29) is 5.41 Å². The van der Waals surface area contributed by atoms with E-state index in [1.807, 2.05) is 0 Å². The topological polar surface area (TPSA) is 38.5 Å². The molecule has 0 aromatic heterocycles. The maximum absolute atomic E-state index is 6.03. The second-order valence-corrected chi connectivity index (χ2v) is 6.41. The lowest BCUT2D eigenvalue weighted by Gasteiger charge is -2.40. The van der Waals surface area contributed by atoms with Crippen molar-refractivity contribution in [2.75, 3.05) is 32.8 Å². The summed E-state index contributed by atoms with van der Waals surface area (Å²) in [6.45, 7) is 9.54. The predicted octanol–water partition coefficient (Wildman–Crippen LogP) is 1.86. The summed E-state index contributed by atoms with van der Waals surface area (Å²) in [4.78, 5) is 2.67. The maximum atomic E-state index is 6.03. The van der Waals surface area contributed by atoms with E-state index in [1.165, 1.54) is 32.2 Å². The van der Waals surface area contributed by atoms with Crippen LogP contribution in [-0.4, -0.2) is 43.8 Å². The molecular weight excluding hydrogens is 212 g/mol. The van der Waals surface area contributed by atoms with E-state index < -0.39 is 0 Å². The van der Waals surface area contributed by atoms with Crippen LogP contribution in [-0.2, 0) is 4.74 Å². The molecule has 2 N–H and O–H groups in total. The van der Waals surface area contributed by atoms with Gasteiger partial charge in [-0.15, -0.1) is 0 Å². The molecule has 0 aromatic rings. The zero-order chi connectivity index (χ0) is 12.3. The van der Waals surface area contributed by atoms with Gasteiger partial charge in [-0.1, -0.05) is 13.8 Å². The lowest BCUT2D eigenvalue weighted by Crippen LogP contribution is -2.49. The van der Waals surface area contributed by atoms with Gasteiger partial charge in [-0.05, 0) is 31.6 Å². The summed E-state index contributed by atoms with van der Waals surface area (Å²) >= 11 is 0. The monoisotopic (exact) mass is 240 g/mol. The van der Waals surface area contributed by atoms with E-state index in [0.29, 0.717) is 0 Å². The van der Waals surface area contributed by atoms with Crippen molar-refractivity contribution in [1.82, 2.24) is 4.90 Å². The average molecular weight is 240 g/mol. The van der Waals surface area contributed by atoms with E-state index >= 15 is 0 Å². The molecule has 0 radical (unpaired) electrons. The van der Waals surface area contributed by atoms with Crippen LogP contribution in [0.15, 0.2) is 0 Å². The van der Waals surface area contributed by atoms with Gasteiger partial charge >= 0.3 is 0 Å². The molecule has 0 spiro atoms. The van der Waals surface area contributed by atoms with Gasteiger partial charge in [-0.25, -0.2) is 0 Å². The quantitative estimate of drug-likeness (QED) is 0.770. The Kier molecular flexibility index (Phi) is 4.45. The third-order valence-electron chi connectivity index (χ3n) is 4.04.